The third kappa shape index (κ3) is 5.12. The quantitative estimate of drug-likeness (QED) is 0.712. The highest BCUT2D eigenvalue weighted by molar-refractivity contribution is 6.30. The summed E-state index contributed by atoms with van der Waals surface area (Å²) >= 11 is 5.87. The van der Waals surface area contributed by atoms with E-state index in [-0.39, 0.29) is 11.9 Å². The van der Waals surface area contributed by atoms with Gasteiger partial charge in [0, 0.05) is 50.8 Å². The summed E-state index contributed by atoms with van der Waals surface area (Å²) in [6.45, 7) is 9.89. The molecule has 0 aliphatic carbocycles. The lowest BCUT2D eigenvalue weighted by molar-refractivity contribution is -0.130. The van der Waals surface area contributed by atoms with Crippen molar-refractivity contribution in [2.45, 2.75) is 19.4 Å². The van der Waals surface area contributed by atoms with Gasteiger partial charge in [-0.15, -0.1) is 0 Å². The molecular weight excluding hydrogens is 368 g/mol. The van der Waals surface area contributed by atoms with E-state index < -0.39 is 5.54 Å². The monoisotopic (exact) mass is 394 g/mol. The molecule has 0 aromatic heterocycles. The van der Waals surface area contributed by atoms with Crippen LogP contribution in [0.15, 0.2) is 24.3 Å². The van der Waals surface area contributed by atoms with E-state index in [2.05, 4.69) is 15.1 Å². The number of hydrogen-bond donors (Lipinski definition) is 1. The second-order valence-corrected chi connectivity index (χ2v) is 7.93. The lowest BCUT2D eigenvalue weighted by Crippen LogP contribution is -2.50. The van der Waals surface area contributed by atoms with Crippen molar-refractivity contribution in [1.29, 1.82) is 0 Å². The number of benzene rings is 1. The number of ether oxygens (including phenoxy) is 1. The molecule has 148 valence electrons. The minimum absolute atomic E-state index is 0.148. The molecule has 1 aromatic carbocycles. The van der Waals surface area contributed by atoms with E-state index in [1.54, 1.807) is 13.8 Å². The number of carbonyl (C=O) groups excluding carboxylic acids is 2. The number of hydrogen-bond acceptors (Lipinski definition) is 5. The summed E-state index contributed by atoms with van der Waals surface area (Å²) in [5.41, 5.74) is -0.792. The fourth-order valence-corrected chi connectivity index (χ4v) is 3.45. The minimum atomic E-state index is -0.792. The SMILES string of the molecule is CC1(C)NC(=O)N(CCN2CCN(CCOc3ccc(Cl)cc3)CC2)C1=O. The number of carbonyl (C=O) groups is 2. The summed E-state index contributed by atoms with van der Waals surface area (Å²) < 4.78 is 5.75. The molecule has 0 unspecified atom stereocenters. The van der Waals surface area contributed by atoms with Gasteiger partial charge in [-0.1, -0.05) is 11.6 Å². The zero-order valence-corrected chi connectivity index (χ0v) is 16.7. The van der Waals surface area contributed by atoms with Crippen LogP contribution in [0.5, 0.6) is 5.75 Å². The molecule has 27 heavy (non-hydrogen) atoms. The van der Waals surface area contributed by atoms with E-state index in [0.29, 0.717) is 24.7 Å². The highest BCUT2D eigenvalue weighted by atomic mass is 35.5. The molecule has 0 atom stereocenters. The molecule has 0 bridgehead atoms. The van der Waals surface area contributed by atoms with Crippen molar-refractivity contribution in [1.82, 2.24) is 20.0 Å². The zero-order chi connectivity index (χ0) is 19.4. The Morgan fingerprint density at radius 1 is 1.00 bits per heavy atom. The van der Waals surface area contributed by atoms with Gasteiger partial charge >= 0.3 is 6.03 Å². The molecule has 0 radical (unpaired) electrons. The molecule has 2 fully saturated rings. The number of halogens is 1. The number of amides is 3. The number of rotatable bonds is 7. The minimum Gasteiger partial charge on any atom is -0.492 e. The van der Waals surface area contributed by atoms with E-state index in [9.17, 15) is 9.59 Å². The molecule has 3 rings (SSSR count). The first-order valence-corrected chi connectivity index (χ1v) is 9.70. The standard InChI is InChI=1S/C19H27ClN4O3/c1-19(2)17(25)24(18(26)21-19)12-11-22-7-9-23(10-8-22)13-14-27-16-5-3-15(20)4-6-16/h3-6H,7-14H2,1-2H3,(H,21,26). The molecule has 0 spiro atoms. The molecule has 2 heterocycles. The maximum Gasteiger partial charge on any atom is 0.325 e. The van der Waals surface area contributed by atoms with Gasteiger partial charge in [0.05, 0.1) is 0 Å². The smallest absolute Gasteiger partial charge is 0.325 e. The van der Waals surface area contributed by atoms with E-state index in [0.717, 1.165) is 38.5 Å². The third-order valence-corrected chi connectivity index (χ3v) is 5.29. The Hall–Kier alpha value is -1.83. The topological polar surface area (TPSA) is 65.1 Å². The van der Waals surface area contributed by atoms with Crippen LogP contribution in [-0.2, 0) is 4.79 Å². The Bertz CT molecular complexity index is 672. The van der Waals surface area contributed by atoms with Gasteiger partial charge in [-0.3, -0.25) is 19.5 Å². The summed E-state index contributed by atoms with van der Waals surface area (Å²) in [7, 11) is 0. The van der Waals surface area contributed by atoms with Gasteiger partial charge in [0.25, 0.3) is 5.91 Å². The van der Waals surface area contributed by atoms with Gasteiger partial charge in [-0.25, -0.2) is 4.79 Å². The molecule has 2 saturated heterocycles. The number of urea groups is 1. The molecule has 1 N–H and O–H groups in total. The van der Waals surface area contributed by atoms with Crippen molar-refractivity contribution >= 4 is 23.5 Å². The summed E-state index contributed by atoms with van der Waals surface area (Å²) in [6, 6.07) is 7.10. The molecule has 0 saturated carbocycles. The predicted molar refractivity (Wildman–Crippen MR) is 104 cm³/mol. The Balaban J connectivity index is 1.34. The molecule has 1 aromatic rings. The van der Waals surface area contributed by atoms with E-state index in [1.165, 1.54) is 4.90 Å². The van der Waals surface area contributed by atoms with Gasteiger partial charge in [-0.05, 0) is 38.1 Å². The first kappa shape index (κ1) is 19.9. The number of nitrogens with zero attached hydrogens (tertiary/aromatic N) is 3. The summed E-state index contributed by atoms with van der Waals surface area (Å²) in [5.74, 6) is 0.681. The van der Waals surface area contributed by atoms with Gasteiger partial charge in [0.2, 0.25) is 0 Å². The summed E-state index contributed by atoms with van der Waals surface area (Å²) in [5, 5.41) is 3.42. The van der Waals surface area contributed by atoms with E-state index in [1.807, 2.05) is 24.3 Å². The number of piperazine rings is 1. The van der Waals surface area contributed by atoms with Crippen LogP contribution in [0, 0.1) is 0 Å². The lowest BCUT2D eigenvalue weighted by atomic mass is 10.1. The van der Waals surface area contributed by atoms with Crippen LogP contribution in [0.25, 0.3) is 0 Å². The van der Waals surface area contributed by atoms with Crippen molar-refractivity contribution < 1.29 is 14.3 Å². The molecule has 2 aliphatic heterocycles. The van der Waals surface area contributed by atoms with E-state index in [4.69, 9.17) is 16.3 Å². The highest BCUT2D eigenvalue weighted by Gasteiger charge is 2.43. The van der Waals surface area contributed by atoms with Crippen LogP contribution in [0.1, 0.15) is 13.8 Å². The molecule has 8 heteroatoms. The van der Waals surface area contributed by atoms with Crippen LogP contribution in [0.4, 0.5) is 4.79 Å². The Kier molecular flexibility index (Phi) is 6.24. The predicted octanol–water partition coefficient (Wildman–Crippen LogP) is 1.67. The van der Waals surface area contributed by atoms with Crippen molar-refractivity contribution in [2.75, 3.05) is 52.4 Å². The van der Waals surface area contributed by atoms with Gasteiger partial charge in [-0.2, -0.15) is 0 Å². The molecule has 3 amide bonds. The van der Waals surface area contributed by atoms with Gasteiger partial charge in [0.15, 0.2) is 0 Å². The number of imide groups is 1. The largest absolute Gasteiger partial charge is 0.492 e. The van der Waals surface area contributed by atoms with Crippen LogP contribution in [0.2, 0.25) is 5.02 Å². The zero-order valence-electron chi connectivity index (χ0n) is 15.9. The second kappa shape index (κ2) is 8.46. The van der Waals surface area contributed by atoms with Crippen molar-refractivity contribution in [2.24, 2.45) is 0 Å². The first-order valence-electron chi connectivity index (χ1n) is 9.32. The normalized spacial score (nSPS) is 20.8. The average Bonchev–Trinajstić information content (AvgIpc) is 2.83. The van der Waals surface area contributed by atoms with Crippen LogP contribution < -0.4 is 10.1 Å². The van der Waals surface area contributed by atoms with Crippen LogP contribution >= 0.6 is 11.6 Å². The second-order valence-electron chi connectivity index (χ2n) is 7.50. The van der Waals surface area contributed by atoms with E-state index >= 15 is 0 Å². The summed E-state index contributed by atoms with van der Waals surface area (Å²) in [4.78, 5) is 30.1. The van der Waals surface area contributed by atoms with Crippen LogP contribution in [-0.4, -0.2) is 84.6 Å². The molecule has 7 nitrogen and oxygen atoms in total. The van der Waals surface area contributed by atoms with Gasteiger partial charge < -0.3 is 10.1 Å². The fraction of sp³-hybridized carbons (Fsp3) is 0.579. The lowest BCUT2D eigenvalue weighted by Gasteiger charge is -2.35. The van der Waals surface area contributed by atoms with Crippen molar-refractivity contribution in [3.63, 3.8) is 0 Å². The van der Waals surface area contributed by atoms with Crippen molar-refractivity contribution in [3.8, 4) is 5.75 Å². The maximum absolute atomic E-state index is 12.2. The first-order chi connectivity index (χ1) is 12.8. The molecular formula is C19H27ClN4O3. The Morgan fingerprint density at radius 2 is 1.59 bits per heavy atom. The van der Waals surface area contributed by atoms with Crippen molar-refractivity contribution in [3.05, 3.63) is 29.3 Å². The Morgan fingerprint density at radius 3 is 2.15 bits per heavy atom. The number of nitrogens with one attached hydrogen (secondary N) is 1. The molecule has 2 aliphatic rings. The third-order valence-electron chi connectivity index (χ3n) is 5.04. The Labute approximate surface area is 165 Å². The fourth-order valence-electron chi connectivity index (χ4n) is 3.32. The maximum atomic E-state index is 12.2. The highest BCUT2D eigenvalue weighted by Crippen LogP contribution is 2.17. The average molecular weight is 395 g/mol. The van der Waals surface area contributed by atoms with Crippen LogP contribution in [0.3, 0.4) is 0 Å². The summed E-state index contributed by atoms with van der Waals surface area (Å²) in [6.07, 6.45) is 0. The van der Waals surface area contributed by atoms with Gasteiger partial charge in [0.1, 0.15) is 17.9 Å².